The monoisotopic (exact) mass is 386 g/mol. The third-order valence-corrected chi connectivity index (χ3v) is 4.82. The highest BCUT2D eigenvalue weighted by Crippen LogP contribution is 2.27. The first-order valence-corrected chi connectivity index (χ1v) is 9.13. The number of pyridine rings is 1. The highest BCUT2D eigenvalue weighted by molar-refractivity contribution is 7.17. The molecule has 3 aromatic rings. The Kier molecular flexibility index (Phi) is 5.60. The summed E-state index contributed by atoms with van der Waals surface area (Å²) in [7, 11) is 0. The molecule has 0 spiro atoms. The molecule has 0 bridgehead atoms. The first kappa shape index (κ1) is 18.7. The number of carbonyl (C=O) groups excluding carboxylic acids is 2. The zero-order valence-corrected chi connectivity index (χ0v) is 15.9. The van der Waals surface area contributed by atoms with Crippen LogP contribution >= 0.6 is 11.3 Å². The van der Waals surface area contributed by atoms with Crippen LogP contribution in [0.2, 0.25) is 0 Å². The molecule has 3 aromatic heterocycles. The van der Waals surface area contributed by atoms with Crippen molar-refractivity contribution in [2.75, 3.05) is 5.32 Å². The summed E-state index contributed by atoms with van der Waals surface area (Å²) in [6, 6.07) is 7.05. The van der Waals surface area contributed by atoms with E-state index in [-0.39, 0.29) is 5.82 Å². The van der Waals surface area contributed by atoms with Crippen molar-refractivity contribution in [3.63, 3.8) is 0 Å². The van der Waals surface area contributed by atoms with Crippen LogP contribution in [0.15, 0.2) is 35.0 Å². The van der Waals surface area contributed by atoms with Gasteiger partial charge in [0.1, 0.15) is 15.6 Å². The van der Waals surface area contributed by atoms with E-state index in [9.17, 15) is 9.59 Å². The molecule has 3 heterocycles. The second-order valence-corrected chi connectivity index (χ2v) is 6.76. The van der Waals surface area contributed by atoms with Crippen molar-refractivity contribution >= 4 is 29.0 Å². The van der Waals surface area contributed by atoms with E-state index in [1.165, 1.54) is 11.3 Å². The second kappa shape index (κ2) is 8.09. The molecule has 0 saturated heterocycles. The van der Waals surface area contributed by atoms with Crippen molar-refractivity contribution in [1.29, 1.82) is 0 Å². The molecule has 9 heteroatoms. The van der Waals surface area contributed by atoms with Gasteiger partial charge in [-0.3, -0.25) is 9.78 Å². The Hall–Kier alpha value is -3.07. The average Bonchev–Trinajstić information content (AvgIpc) is 3.25. The van der Waals surface area contributed by atoms with E-state index >= 15 is 0 Å². The molecule has 0 saturated carbocycles. The number of anilines is 1. The lowest BCUT2D eigenvalue weighted by Crippen LogP contribution is -2.32. The summed E-state index contributed by atoms with van der Waals surface area (Å²) in [5, 5.41) is 6.89. The fraction of sp³-hybridized carbons (Fsp3) is 0.278. The molecular formula is C18H18N4O4S. The lowest BCUT2D eigenvalue weighted by Gasteiger charge is -2.14. The van der Waals surface area contributed by atoms with Gasteiger partial charge in [-0.25, -0.2) is 9.78 Å². The summed E-state index contributed by atoms with van der Waals surface area (Å²) >= 11 is 1.19. The molecule has 1 amide bonds. The van der Waals surface area contributed by atoms with E-state index in [0.717, 1.165) is 0 Å². The summed E-state index contributed by atoms with van der Waals surface area (Å²) in [4.78, 5) is 33.9. The smallest absolute Gasteiger partial charge is 0.351 e. The molecule has 0 aromatic carbocycles. The van der Waals surface area contributed by atoms with Gasteiger partial charge in [0.05, 0.1) is 11.4 Å². The largest absolute Gasteiger partial charge is 0.448 e. The van der Waals surface area contributed by atoms with Gasteiger partial charge >= 0.3 is 5.97 Å². The maximum Gasteiger partial charge on any atom is 0.351 e. The molecule has 140 valence electrons. The molecule has 3 rings (SSSR count). The maximum atomic E-state index is 12.6. The quantitative estimate of drug-likeness (QED) is 0.647. The number of carbonyl (C=O) groups is 2. The third kappa shape index (κ3) is 4.37. The predicted octanol–water partition coefficient (Wildman–Crippen LogP) is 3.38. The summed E-state index contributed by atoms with van der Waals surface area (Å²) in [5.41, 5.74) is 1.21. The van der Waals surface area contributed by atoms with Gasteiger partial charge in [0.15, 0.2) is 11.9 Å². The van der Waals surface area contributed by atoms with E-state index < -0.39 is 18.0 Å². The van der Waals surface area contributed by atoms with Gasteiger partial charge < -0.3 is 14.6 Å². The van der Waals surface area contributed by atoms with Crippen LogP contribution in [0.3, 0.4) is 0 Å². The third-order valence-electron chi connectivity index (χ3n) is 3.66. The van der Waals surface area contributed by atoms with E-state index in [0.29, 0.717) is 33.5 Å². The number of rotatable bonds is 6. The summed E-state index contributed by atoms with van der Waals surface area (Å²) in [6.45, 7) is 5.19. The van der Waals surface area contributed by atoms with Crippen molar-refractivity contribution in [3.05, 3.63) is 46.8 Å². The average molecular weight is 386 g/mol. The van der Waals surface area contributed by atoms with Gasteiger partial charge in [-0.05, 0) is 32.4 Å². The van der Waals surface area contributed by atoms with Crippen LogP contribution in [0.4, 0.5) is 5.82 Å². The summed E-state index contributed by atoms with van der Waals surface area (Å²) in [5.74, 6) is -0.215. The highest BCUT2D eigenvalue weighted by atomic mass is 32.1. The molecule has 0 radical (unpaired) electrons. The van der Waals surface area contributed by atoms with Gasteiger partial charge in [-0.2, -0.15) is 0 Å². The Morgan fingerprint density at radius 3 is 2.78 bits per heavy atom. The summed E-state index contributed by atoms with van der Waals surface area (Å²) < 4.78 is 10.3. The maximum absolute atomic E-state index is 12.6. The number of nitrogens with zero attached hydrogens (tertiary/aromatic N) is 3. The molecule has 1 unspecified atom stereocenters. The minimum absolute atomic E-state index is 0.276. The topological polar surface area (TPSA) is 107 Å². The van der Waals surface area contributed by atoms with Gasteiger partial charge in [0, 0.05) is 12.3 Å². The standard InChI is InChI=1S/C18H18N4O4S/c1-4-13(16(23)21-14-9-10(2)26-22-14)25-18(24)15-11(3)20-17(27-15)12-7-5-6-8-19-12/h5-9,13H,4H2,1-3H3,(H,21,22,23). The number of nitrogens with one attached hydrogen (secondary N) is 1. The Balaban J connectivity index is 1.71. The van der Waals surface area contributed by atoms with Crippen LogP contribution in [0.1, 0.15) is 34.5 Å². The van der Waals surface area contributed by atoms with Gasteiger partial charge in [-0.1, -0.05) is 18.1 Å². The first-order valence-electron chi connectivity index (χ1n) is 8.32. The van der Waals surface area contributed by atoms with Crippen LogP contribution in [-0.4, -0.2) is 33.1 Å². The fourth-order valence-electron chi connectivity index (χ4n) is 2.32. The number of hydrogen-bond donors (Lipinski definition) is 1. The number of esters is 1. The Bertz CT molecular complexity index is 951. The zero-order valence-electron chi connectivity index (χ0n) is 15.1. The van der Waals surface area contributed by atoms with E-state index in [4.69, 9.17) is 9.26 Å². The van der Waals surface area contributed by atoms with Crippen LogP contribution in [-0.2, 0) is 9.53 Å². The summed E-state index contributed by atoms with van der Waals surface area (Å²) in [6.07, 6.45) is 1.03. The Labute approximate surface area is 159 Å². The molecular weight excluding hydrogens is 368 g/mol. The van der Waals surface area contributed by atoms with Gasteiger partial charge in [0.2, 0.25) is 0 Å². The van der Waals surface area contributed by atoms with Crippen molar-refractivity contribution in [2.45, 2.75) is 33.3 Å². The van der Waals surface area contributed by atoms with Gasteiger partial charge in [-0.15, -0.1) is 11.3 Å². The molecule has 0 aliphatic rings. The SMILES string of the molecule is CCC(OC(=O)c1sc(-c2ccccn2)nc1C)C(=O)Nc1cc(C)on1. The van der Waals surface area contributed by atoms with Crippen LogP contribution in [0, 0.1) is 13.8 Å². The van der Waals surface area contributed by atoms with E-state index in [1.807, 2.05) is 12.1 Å². The van der Waals surface area contributed by atoms with Crippen molar-refractivity contribution in [1.82, 2.24) is 15.1 Å². The number of aryl methyl sites for hydroxylation is 2. The number of amides is 1. The number of aromatic nitrogens is 3. The Morgan fingerprint density at radius 2 is 2.15 bits per heavy atom. The first-order chi connectivity index (χ1) is 13.0. The van der Waals surface area contributed by atoms with Crippen LogP contribution in [0.5, 0.6) is 0 Å². The highest BCUT2D eigenvalue weighted by Gasteiger charge is 2.26. The van der Waals surface area contributed by atoms with E-state index in [1.54, 1.807) is 39.1 Å². The number of ether oxygens (including phenoxy) is 1. The van der Waals surface area contributed by atoms with Crippen LogP contribution < -0.4 is 5.32 Å². The molecule has 1 N–H and O–H groups in total. The predicted molar refractivity (Wildman–Crippen MR) is 99.4 cm³/mol. The fourth-order valence-corrected chi connectivity index (χ4v) is 3.25. The number of thiazole rings is 1. The molecule has 27 heavy (non-hydrogen) atoms. The normalized spacial score (nSPS) is 11.8. The minimum Gasteiger partial charge on any atom is -0.448 e. The molecule has 0 aliphatic heterocycles. The van der Waals surface area contributed by atoms with Crippen LogP contribution in [0.25, 0.3) is 10.7 Å². The minimum atomic E-state index is -0.950. The molecule has 8 nitrogen and oxygen atoms in total. The van der Waals surface area contributed by atoms with Crippen molar-refractivity contribution in [3.8, 4) is 10.7 Å². The Morgan fingerprint density at radius 1 is 1.33 bits per heavy atom. The zero-order chi connectivity index (χ0) is 19.4. The molecule has 0 aliphatic carbocycles. The van der Waals surface area contributed by atoms with Crippen molar-refractivity contribution in [2.24, 2.45) is 0 Å². The lowest BCUT2D eigenvalue weighted by molar-refractivity contribution is -0.124. The van der Waals surface area contributed by atoms with E-state index in [2.05, 4.69) is 20.4 Å². The lowest BCUT2D eigenvalue weighted by atomic mass is 10.2. The van der Waals surface area contributed by atoms with Gasteiger partial charge in [0.25, 0.3) is 5.91 Å². The molecule has 0 fully saturated rings. The number of hydrogen-bond acceptors (Lipinski definition) is 8. The second-order valence-electron chi connectivity index (χ2n) is 5.76. The van der Waals surface area contributed by atoms with Crippen molar-refractivity contribution < 1.29 is 18.8 Å². The molecule has 1 atom stereocenters.